The Labute approximate surface area is 181 Å². The number of aromatic carboxylic acids is 1. The van der Waals surface area contributed by atoms with Crippen LogP contribution in [0, 0.1) is 0 Å². The van der Waals surface area contributed by atoms with Gasteiger partial charge in [-0.25, -0.2) is 9.78 Å². The van der Waals surface area contributed by atoms with Gasteiger partial charge in [0.1, 0.15) is 54.5 Å². The zero-order valence-electron chi connectivity index (χ0n) is 16.6. The summed E-state index contributed by atoms with van der Waals surface area (Å²) in [5, 5.41) is 84.8. The van der Waals surface area contributed by atoms with Gasteiger partial charge in [-0.2, -0.15) is 0 Å². The third-order valence-electron chi connectivity index (χ3n) is 4.86. The van der Waals surface area contributed by atoms with E-state index in [1.54, 1.807) is 12.1 Å². The molecular formula is C18H27NO13. The van der Waals surface area contributed by atoms with Crippen molar-refractivity contribution in [3.8, 4) is 0 Å². The largest absolute Gasteiger partial charge is 0.477 e. The highest BCUT2D eigenvalue weighted by atomic mass is 16.7. The number of carbonyl (C=O) groups is 1. The molecule has 1 aromatic heterocycles. The van der Waals surface area contributed by atoms with E-state index >= 15 is 0 Å². The van der Waals surface area contributed by atoms with Gasteiger partial charge in [0.25, 0.3) is 0 Å². The molecule has 1 unspecified atom stereocenters. The Morgan fingerprint density at radius 3 is 2.03 bits per heavy atom. The molecule has 14 heteroatoms. The highest BCUT2D eigenvalue weighted by Crippen LogP contribution is 2.28. The molecule has 0 radical (unpaired) electrons. The van der Waals surface area contributed by atoms with Crippen molar-refractivity contribution in [3.63, 3.8) is 0 Å². The Hall–Kier alpha value is -1.82. The molecule has 1 aromatic rings. The van der Waals surface area contributed by atoms with Gasteiger partial charge < -0.3 is 60.2 Å². The minimum atomic E-state index is -1.74. The topological polar surface area (TPSA) is 240 Å². The number of pyridine rings is 1. The number of hydrogen-bond donors (Lipinski definition) is 9. The molecule has 32 heavy (non-hydrogen) atoms. The minimum Gasteiger partial charge on any atom is -0.477 e. The molecular weight excluding hydrogens is 438 g/mol. The van der Waals surface area contributed by atoms with Crippen molar-refractivity contribution < 1.29 is 65.0 Å². The molecule has 182 valence electrons. The van der Waals surface area contributed by atoms with Gasteiger partial charge in [0.2, 0.25) is 0 Å². The van der Waals surface area contributed by atoms with Crippen LogP contribution in [-0.2, 0) is 14.2 Å². The van der Waals surface area contributed by atoms with E-state index in [9.17, 15) is 40.5 Å². The van der Waals surface area contributed by atoms with Crippen molar-refractivity contribution in [1.82, 2.24) is 4.98 Å². The highest BCUT2D eigenvalue weighted by molar-refractivity contribution is 5.85. The normalized spacial score (nSPS) is 39.6. The Balaban J connectivity index is 0.000000336. The average molecular weight is 465 g/mol. The summed E-state index contributed by atoms with van der Waals surface area (Å²) < 4.78 is 15.3. The monoisotopic (exact) mass is 465 g/mol. The number of rotatable bonds is 5. The van der Waals surface area contributed by atoms with Crippen molar-refractivity contribution in [3.05, 3.63) is 30.1 Å². The van der Waals surface area contributed by atoms with E-state index in [1.165, 1.54) is 12.3 Å². The van der Waals surface area contributed by atoms with Crippen LogP contribution in [0.2, 0.25) is 0 Å². The number of carboxylic acid groups (broad SMARTS) is 1. The number of carboxylic acids is 1. The van der Waals surface area contributed by atoms with Crippen molar-refractivity contribution >= 4 is 5.97 Å². The number of hydrogen-bond acceptors (Lipinski definition) is 13. The Kier molecular flexibility index (Phi) is 9.81. The standard InChI is InChI=1S/C12H22O11.C6H5NO2/c13-1-3-5(15)6(16)9(19)12(22-3)23-10-4(2-14)21-11(20)8(18)7(10)17;8-6(9)5-3-1-2-4-7-5/h3-20H,1-2H2;1-4H,(H,8,9)/t3-,4-,5+,6+,7-,8-,9-,10-,11?,12+;/m1./s1. The number of aliphatic hydroxyl groups is 8. The van der Waals surface area contributed by atoms with E-state index in [-0.39, 0.29) is 5.69 Å². The Morgan fingerprint density at radius 1 is 0.875 bits per heavy atom. The van der Waals surface area contributed by atoms with Gasteiger partial charge in [0.05, 0.1) is 13.2 Å². The molecule has 2 aliphatic rings. The van der Waals surface area contributed by atoms with E-state index in [0.717, 1.165) is 0 Å². The molecule has 0 spiro atoms. The zero-order chi connectivity index (χ0) is 24.0. The van der Waals surface area contributed by atoms with Crippen LogP contribution in [0.1, 0.15) is 10.5 Å². The van der Waals surface area contributed by atoms with Crippen LogP contribution in [0.5, 0.6) is 0 Å². The molecule has 10 atom stereocenters. The van der Waals surface area contributed by atoms with Crippen LogP contribution in [0.15, 0.2) is 24.4 Å². The summed E-state index contributed by atoms with van der Waals surface area (Å²) in [7, 11) is 0. The first-order valence-electron chi connectivity index (χ1n) is 9.53. The summed E-state index contributed by atoms with van der Waals surface area (Å²) in [4.78, 5) is 13.7. The SMILES string of the molecule is O=C(O)c1ccccn1.OC[C@H]1O[C@@H](O[C@H]2[C@H](O)[C@@H](O)C(O)O[C@@H]2CO)[C@H](O)[C@@H](O)[C@H]1O. The maximum absolute atomic E-state index is 10.1. The third-order valence-corrected chi connectivity index (χ3v) is 4.86. The lowest BCUT2D eigenvalue weighted by atomic mass is 9.97. The van der Waals surface area contributed by atoms with Gasteiger partial charge in [-0.1, -0.05) is 6.07 Å². The van der Waals surface area contributed by atoms with Crippen molar-refractivity contribution in [2.75, 3.05) is 13.2 Å². The van der Waals surface area contributed by atoms with Gasteiger partial charge >= 0.3 is 5.97 Å². The van der Waals surface area contributed by atoms with Crippen LogP contribution in [-0.4, -0.2) is 132 Å². The zero-order valence-corrected chi connectivity index (χ0v) is 16.6. The Bertz CT molecular complexity index is 705. The number of aliphatic hydroxyl groups excluding tert-OH is 8. The third kappa shape index (κ3) is 6.15. The van der Waals surface area contributed by atoms with E-state index in [2.05, 4.69) is 4.98 Å². The maximum Gasteiger partial charge on any atom is 0.354 e. The van der Waals surface area contributed by atoms with Crippen molar-refractivity contribution in [2.45, 2.75) is 61.4 Å². The van der Waals surface area contributed by atoms with E-state index in [1.807, 2.05) is 0 Å². The fourth-order valence-corrected chi connectivity index (χ4v) is 3.06. The summed E-state index contributed by atoms with van der Waals surface area (Å²) in [6.45, 7) is -1.35. The molecule has 2 aliphatic heterocycles. The molecule has 3 heterocycles. The van der Waals surface area contributed by atoms with Crippen molar-refractivity contribution in [2.24, 2.45) is 0 Å². The van der Waals surface area contributed by atoms with Gasteiger partial charge in [-0.3, -0.25) is 0 Å². The molecule has 0 bridgehead atoms. The molecule has 14 nitrogen and oxygen atoms in total. The summed E-state index contributed by atoms with van der Waals surface area (Å²) in [6.07, 6.45) is -14.1. The molecule has 3 rings (SSSR count). The van der Waals surface area contributed by atoms with Gasteiger partial charge in [0, 0.05) is 6.20 Å². The lowest BCUT2D eigenvalue weighted by Gasteiger charge is -2.45. The average Bonchev–Trinajstić information content (AvgIpc) is 2.80. The quantitative estimate of drug-likeness (QED) is 0.199. The molecule has 2 saturated heterocycles. The molecule has 0 aromatic carbocycles. The van der Waals surface area contributed by atoms with Gasteiger partial charge in [-0.05, 0) is 12.1 Å². The lowest BCUT2D eigenvalue weighted by Crippen LogP contribution is -2.64. The first-order valence-corrected chi connectivity index (χ1v) is 9.53. The molecule has 0 amide bonds. The summed E-state index contributed by atoms with van der Waals surface area (Å²) in [6, 6.07) is 4.76. The molecule has 2 fully saturated rings. The summed E-state index contributed by atoms with van der Waals surface area (Å²) in [5.74, 6) is -0.990. The van der Waals surface area contributed by atoms with Gasteiger partial charge in [0.15, 0.2) is 12.6 Å². The lowest BCUT2D eigenvalue weighted by molar-refractivity contribution is -0.355. The molecule has 9 N–H and O–H groups in total. The van der Waals surface area contributed by atoms with Gasteiger partial charge in [-0.15, -0.1) is 0 Å². The number of aromatic nitrogens is 1. The highest BCUT2D eigenvalue weighted by Gasteiger charge is 2.50. The first kappa shape index (κ1) is 26.4. The minimum absolute atomic E-state index is 0.0810. The van der Waals surface area contributed by atoms with E-state index in [0.29, 0.717) is 0 Å². The maximum atomic E-state index is 10.1. The summed E-state index contributed by atoms with van der Waals surface area (Å²) in [5.41, 5.74) is 0.0810. The number of ether oxygens (including phenoxy) is 3. The van der Waals surface area contributed by atoms with E-state index < -0.39 is 80.6 Å². The van der Waals surface area contributed by atoms with Crippen LogP contribution < -0.4 is 0 Å². The summed E-state index contributed by atoms with van der Waals surface area (Å²) >= 11 is 0. The predicted octanol–water partition coefficient (Wildman–Crippen LogP) is -4.62. The second-order valence-electron chi connectivity index (χ2n) is 7.05. The fourth-order valence-electron chi connectivity index (χ4n) is 3.06. The van der Waals surface area contributed by atoms with Crippen molar-refractivity contribution in [1.29, 1.82) is 0 Å². The van der Waals surface area contributed by atoms with Crippen LogP contribution in [0.25, 0.3) is 0 Å². The molecule has 0 aliphatic carbocycles. The second-order valence-corrected chi connectivity index (χ2v) is 7.05. The first-order chi connectivity index (χ1) is 15.1. The van der Waals surface area contributed by atoms with Crippen LogP contribution >= 0.6 is 0 Å². The Morgan fingerprint density at radius 2 is 1.53 bits per heavy atom. The second kappa shape index (κ2) is 11.9. The predicted molar refractivity (Wildman–Crippen MR) is 99.8 cm³/mol. The van der Waals surface area contributed by atoms with Crippen LogP contribution in [0.3, 0.4) is 0 Å². The van der Waals surface area contributed by atoms with Crippen LogP contribution in [0.4, 0.5) is 0 Å². The smallest absolute Gasteiger partial charge is 0.354 e. The molecule has 0 saturated carbocycles. The number of nitrogens with zero attached hydrogens (tertiary/aromatic N) is 1. The van der Waals surface area contributed by atoms with E-state index in [4.69, 9.17) is 24.4 Å². The fraction of sp³-hybridized carbons (Fsp3) is 0.667.